The van der Waals surface area contributed by atoms with Gasteiger partial charge in [0.05, 0.1) is 0 Å². The van der Waals surface area contributed by atoms with Crippen molar-refractivity contribution in [1.29, 1.82) is 0 Å². The third kappa shape index (κ3) is 4.74. The summed E-state index contributed by atoms with van der Waals surface area (Å²) in [4.78, 5) is 23.0. The van der Waals surface area contributed by atoms with Crippen LogP contribution in [0.5, 0.6) is 0 Å². The van der Waals surface area contributed by atoms with Crippen molar-refractivity contribution in [2.75, 3.05) is 0 Å². The fourth-order valence-electron chi connectivity index (χ4n) is 1.50. The molecule has 0 saturated carbocycles. The summed E-state index contributed by atoms with van der Waals surface area (Å²) in [7, 11) is 0. The predicted octanol–water partition coefficient (Wildman–Crippen LogP) is 3.30. The molecule has 1 atom stereocenters. The molecule has 0 spiro atoms. The van der Waals surface area contributed by atoms with E-state index in [2.05, 4.69) is 5.32 Å². The number of benzene rings is 1. The van der Waals surface area contributed by atoms with Gasteiger partial charge in [0.25, 0.3) is 0 Å². The minimum Gasteiger partial charge on any atom is -0.479 e. The molecule has 0 aliphatic heterocycles. The topological polar surface area (TPSA) is 75.6 Å². The molecule has 20 heavy (non-hydrogen) atoms. The van der Waals surface area contributed by atoms with Crippen LogP contribution in [-0.4, -0.2) is 22.8 Å². The zero-order valence-corrected chi connectivity index (χ0v) is 12.6. The first-order valence-electron chi connectivity index (χ1n) is 6.08. The highest BCUT2D eigenvalue weighted by molar-refractivity contribution is 6.31. The summed E-state index contributed by atoms with van der Waals surface area (Å²) in [5.41, 5.74) is 0.522. The van der Waals surface area contributed by atoms with Crippen molar-refractivity contribution in [2.24, 2.45) is 0 Å². The minimum atomic E-state index is -1.21. The molecule has 1 aromatic carbocycles. The second kappa shape index (κ2) is 6.13. The number of alkyl carbamates (subject to hydrolysis) is 1. The fourth-order valence-corrected chi connectivity index (χ4v) is 1.69. The Morgan fingerprint density at radius 2 is 1.95 bits per heavy atom. The summed E-state index contributed by atoms with van der Waals surface area (Å²) < 4.78 is 5.05. The van der Waals surface area contributed by atoms with Gasteiger partial charge in [0.2, 0.25) is 0 Å². The van der Waals surface area contributed by atoms with Crippen molar-refractivity contribution >= 4 is 23.7 Å². The molecule has 0 fully saturated rings. The zero-order chi connectivity index (χ0) is 15.5. The first-order chi connectivity index (χ1) is 9.10. The quantitative estimate of drug-likeness (QED) is 0.898. The van der Waals surface area contributed by atoms with E-state index < -0.39 is 23.7 Å². The fraction of sp³-hybridized carbons (Fsp3) is 0.429. The summed E-state index contributed by atoms with van der Waals surface area (Å²) >= 11 is 5.97. The summed E-state index contributed by atoms with van der Waals surface area (Å²) in [5, 5.41) is 12.0. The molecular weight excluding hydrogens is 282 g/mol. The molecule has 110 valence electrons. The van der Waals surface area contributed by atoms with Crippen molar-refractivity contribution < 1.29 is 19.4 Å². The number of aliphatic carboxylic acids is 1. The number of aryl methyl sites for hydroxylation is 1. The maximum atomic E-state index is 11.7. The molecule has 1 rings (SSSR count). The lowest BCUT2D eigenvalue weighted by atomic mass is 10.1. The van der Waals surface area contributed by atoms with Crippen molar-refractivity contribution in [2.45, 2.75) is 39.3 Å². The Bertz CT molecular complexity index is 522. The molecule has 0 bridgehead atoms. The summed E-state index contributed by atoms with van der Waals surface area (Å²) in [6.45, 7) is 6.91. The highest BCUT2D eigenvalue weighted by Gasteiger charge is 2.25. The number of nitrogens with one attached hydrogen (secondary N) is 1. The molecule has 1 aromatic rings. The van der Waals surface area contributed by atoms with Gasteiger partial charge >= 0.3 is 12.1 Å². The molecule has 0 saturated heterocycles. The van der Waals surface area contributed by atoms with Gasteiger partial charge < -0.3 is 15.2 Å². The van der Waals surface area contributed by atoms with Crippen LogP contribution >= 0.6 is 11.6 Å². The van der Waals surface area contributed by atoms with Crippen LogP contribution in [0.4, 0.5) is 4.79 Å². The van der Waals surface area contributed by atoms with Crippen LogP contribution < -0.4 is 5.32 Å². The number of carbonyl (C=O) groups excluding carboxylic acids is 1. The number of ether oxygens (including phenoxy) is 1. The third-order valence-corrected chi connectivity index (χ3v) is 2.84. The maximum Gasteiger partial charge on any atom is 0.408 e. The van der Waals surface area contributed by atoms with Crippen LogP contribution in [0.3, 0.4) is 0 Å². The van der Waals surface area contributed by atoms with Gasteiger partial charge in [-0.25, -0.2) is 9.59 Å². The Labute approximate surface area is 122 Å². The van der Waals surface area contributed by atoms with Gasteiger partial charge in [-0.2, -0.15) is 0 Å². The van der Waals surface area contributed by atoms with E-state index >= 15 is 0 Å². The predicted molar refractivity (Wildman–Crippen MR) is 75.9 cm³/mol. The highest BCUT2D eigenvalue weighted by Crippen LogP contribution is 2.22. The van der Waals surface area contributed by atoms with E-state index in [0.29, 0.717) is 10.6 Å². The van der Waals surface area contributed by atoms with Gasteiger partial charge in [0.15, 0.2) is 6.04 Å². The van der Waals surface area contributed by atoms with E-state index in [9.17, 15) is 14.7 Å². The lowest BCUT2D eigenvalue weighted by Crippen LogP contribution is -2.38. The first-order valence-corrected chi connectivity index (χ1v) is 6.46. The van der Waals surface area contributed by atoms with Crippen molar-refractivity contribution in [1.82, 2.24) is 5.32 Å². The van der Waals surface area contributed by atoms with Gasteiger partial charge in [0, 0.05) is 5.02 Å². The largest absolute Gasteiger partial charge is 0.479 e. The molecule has 0 aliphatic carbocycles. The van der Waals surface area contributed by atoms with E-state index in [1.54, 1.807) is 32.9 Å². The molecule has 6 heteroatoms. The number of amides is 1. The number of carboxylic acid groups (broad SMARTS) is 1. The van der Waals surface area contributed by atoms with Crippen LogP contribution in [0.25, 0.3) is 0 Å². The van der Waals surface area contributed by atoms with Crippen LogP contribution in [0.15, 0.2) is 18.2 Å². The molecule has 0 aromatic heterocycles. The van der Waals surface area contributed by atoms with Crippen LogP contribution in [-0.2, 0) is 9.53 Å². The van der Waals surface area contributed by atoms with Gasteiger partial charge in [-0.05, 0) is 44.9 Å². The Hall–Kier alpha value is -1.75. The summed E-state index contributed by atoms with van der Waals surface area (Å²) in [6, 6.07) is 3.62. The number of rotatable bonds is 3. The lowest BCUT2D eigenvalue weighted by Gasteiger charge is -2.22. The average molecular weight is 300 g/mol. The molecule has 5 nitrogen and oxygen atoms in total. The highest BCUT2D eigenvalue weighted by atomic mass is 35.5. The summed E-state index contributed by atoms with van der Waals surface area (Å²) in [6.07, 6.45) is -0.790. The average Bonchev–Trinajstić information content (AvgIpc) is 2.27. The van der Waals surface area contributed by atoms with Gasteiger partial charge in [-0.1, -0.05) is 23.7 Å². The first kappa shape index (κ1) is 16.3. The third-order valence-electron chi connectivity index (χ3n) is 2.44. The van der Waals surface area contributed by atoms with Crippen LogP contribution in [0, 0.1) is 6.92 Å². The monoisotopic (exact) mass is 299 g/mol. The Morgan fingerprint density at radius 3 is 2.40 bits per heavy atom. The van der Waals surface area contributed by atoms with Crippen LogP contribution in [0.1, 0.15) is 37.9 Å². The normalized spacial score (nSPS) is 12.7. The Kier molecular flexibility index (Phi) is 5.00. The second-order valence-electron chi connectivity index (χ2n) is 5.43. The molecule has 0 unspecified atom stereocenters. The van der Waals surface area contributed by atoms with E-state index in [-0.39, 0.29) is 0 Å². The second-order valence-corrected chi connectivity index (χ2v) is 5.83. The van der Waals surface area contributed by atoms with E-state index in [1.165, 1.54) is 6.07 Å². The molecule has 2 N–H and O–H groups in total. The molecule has 0 heterocycles. The van der Waals surface area contributed by atoms with Gasteiger partial charge in [-0.15, -0.1) is 0 Å². The molecule has 0 radical (unpaired) electrons. The maximum absolute atomic E-state index is 11.7. The van der Waals surface area contributed by atoms with E-state index in [4.69, 9.17) is 16.3 Å². The van der Waals surface area contributed by atoms with E-state index in [1.807, 2.05) is 6.92 Å². The van der Waals surface area contributed by atoms with E-state index in [0.717, 1.165) is 5.56 Å². The Balaban J connectivity index is 2.92. The van der Waals surface area contributed by atoms with Crippen molar-refractivity contribution in [3.05, 3.63) is 34.3 Å². The summed E-state index contributed by atoms with van der Waals surface area (Å²) in [5.74, 6) is -1.18. The van der Waals surface area contributed by atoms with Crippen LogP contribution in [0.2, 0.25) is 5.02 Å². The number of carbonyl (C=O) groups is 2. The number of halogens is 1. The van der Waals surface area contributed by atoms with Gasteiger partial charge in [0.1, 0.15) is 5.60 Å². The molecular formula is C14H18ClNO4. The smallest absolute Gasteiger partial charge is 0.408 e. The Morgan fingerprint density at radius 1 is 1.35 bits per heavy atom. The van der Waals surface area contributed by atoms with Gasteiger partial charge in [-0.3, -0.25) is 0 Å². The van der Waals surface area contributed by atoms with Crippen molar-refractivity contribution in [3.8, 4) is 0 Å². The number of hydrogen-bond acceptors (Lipinski definition) is 3. The zero-order valence-electron chi connectivity index (χ0n) is 11.9. The lowest BCUT2D eigenvalue weighted by molar-refractivity contribution is -0.139. The standard InChI is InChI=1S/C14H18ClNO4/c1-8-5-6-9(7-10(8)15)11(12(17)18)16-13(19)20-14(2,3)4/h5-7,11H,1-4H3,(H,16,19)(H,17,18)/t11-/m0/s1. The SMILES string of the molecule is Cc1ccc([C@H](NC(=O)OC(C)(C)C)C(=O)O)cc1Cl. The molecule has 0 aliphatic rings. The molecule has 1 amide bonds. The number of carboxylic acids is 1. The minimum absolute atomic E-state index is 0.388. The number of hydrogen-bond donors (Lipinski definition) is 2. The van der Waals surface area contributed by atoms with Crippen molar-refractivity contribution in [3.63, 3.8) is 0 Å².